The van der Waals surface area contributed by atoms with Gasteiger partial charge in [0.15, 0.2) is 5.22 Å². The van der Waals surface area contributed by atoms with E-state index in [1.54, 1.807) is 0 Å². The lowest BCUT2D eigenvalue weighted by Crippen LogP contribution is -2.66. The van der Waals surface area contributed by atoms with E-state index in [1.165, 1.54) is 36.6 Å². The monoisotopic (exact) mass is 311 g/mol. The Morgan fingerprint density at radius 1 is 1.18 bits per heavy atom. The Morgan fingerprint density at radius 2 is 2.00 bits per heavy atom. The number of nitrogens with zero attached hydrogens (tertiary/aromatic N) is 1. The van der Waals surface area contributed by atoms with E-state index in [-0.39, 0.29) is 5.22 Å². The Bertz CT molecular complexity index is 622. The molecule has 22 heavy (non-hydrogen) atoms. The molecule has 2 aliphatic carbocycles. The summed E-state index contributed by atoms with van der Waals surface area (Å²) in [5, 5.41) is 5.93. The van der Waals surface area contributed by atoms with Gasteiger partial charge in [0.1, 0.15) is 8.07 Å². The average Bonchev–Trinajstić information content (AvgIpc) is 2.80. The van der Waals surface area contributed by atoms with Crippen LogP contribution in [0.15, 0.2) is 47.6 Å². The fraction of sp³-hybridized carbons (Fsp3) is 0.526. The van der Waals surface area contributed by atoms with Crippen LogP contribution in [0.1, 0.15) is 32.1 Å². The van der Waals surface area contributed by atoms with E-state index in [4.69, 9.17) is 4.84 Å². The molecule has 0 aromatic heterocycles. The molecule has 1 heterocycles. The van der Waals surface area contributed by atoms with Gasteiger partial charge < -0.3 is 4.84 Å². The van der Waals surface area contributed by atoms with Gasteiger partial charge in [0.25, 0.3) is 0 Å². The van der Waals surface area contributed by atoms with E-state index in [1.807, 2.05) is 0 Å². The molecule has 0 amide bonds. The fourth-order valence-electron chi connectivity index (χ4n) is 4.80. The van der Waals surface area contributed by atoms with Crippen molar-refractivity contribution in [3.8, 4) is 0 Å². The first kappa shape index (κ1) is 14.3. The van der Waals surface area contributed by atoms with E-state index in [0.717, 1.165) is 12.3 Å². The Balaban J connectivity index is 1.82. The summed E-state index contributed by atoms with van der Waals surface area (Å²) in [5.41, 5.74) is 1.35. The van der Waals surface area contributed by atoms with E-state index in [9.17, 15) is 0 Å². The zero-order valence-corrected chi connectivity index (χ0v) is 14.6. The van der Waals surface area contributed by atoms with Crippen LogP contribution >= 0.6 is 0 Å². The standard InChI is InChI=1S/C19H25NOSi/c1-22(2,16-11-4-3-5-12-16)19-14-8-10-15-9-6-7-13-17(18(15)19)20-21-19/h3-5,8,11-12,14-15,18H,6-7,9-10,13H2,1-2H3/t15?,18?,19-/m0/s1. The lowest BCUT2D eigenvalue weighted by molar-refractivity contribution is 0.0322. The maximum absolute atomic E-state index is 6.30. The fourth-order valence-corrected chi connectivity index (χ4v) is 8.26. The van der Waals surface area contributed by atoms with Gasteiger partial charge in [-0.1, -0.05) is 66.3 Å². The summed E-state index contributed by atoms with van der Waals surface area (Å²) in [6, 6.07) is 11.0. The quantitative estimate of drug-likeness (QED) is 0.597. The van der Waals surface area contributed by atoms with Crippen molar-refractivity contribution in [2.75, 3.05) is 0 Å². The van der Waals surface area contributed by atoms with Crippen molar-refractivity contribution >= 4 is 19.0 Å². The van der Waals surface area contributed by atoms with Crippen molar-refractivity contribution in [1.82, 2.24) is 0 Å². The van der Waals surface area contributed by atoms with Gasteiger partial charge in [-0.15, -0.1) is 0 Å². The van der Waals surface area contributed by atoms with Gasteiger partial charge in [-0.25, -0.2) is 0 Å². The summed E-state index contributed by atoms with van der Waals surface area (Å²) in [6.45, 7) is 4.91. The summed E-state index contributed by atoms with van der Waals surface area (Å²) in [4.78, 5) is 6.30. The predicted molar refractivity (Wildman–Crippen MR) is 94.0 cm³/mol. The lowest BCUT2D eigenvalue weighted by Gasteiger charge is -2.46. The molecule has 0 N–H and O–H groups in total. The second-order valence-corrected chi connectivity index (χ2v) is 12.2. The van der Waals surface area contributed by atoms with E-state index in [2.05, 4.69) is 60.7 Å². The normalized spacial score (nSPS) is 33.6. The Labute approximate surface area is 134 Å². The van der Waals surface area contributed by atoms with Crippen LogP contribution in [0, 0.1) is 11.8 Å². The van der Waals surface area contributed by atoms with Crippen molar-refractivity contribution in [3.05, 3.63) is 42.5 Å². The zero-order chi connectivity index (χ0) is 15.2. The van der Waals surface area contributed by atoms with Gasteiger partial charge in [-0.05, 0) is 37.7 Å². The molecule has 3 atom stereocenters. The van der Waals surface area contributed by atoms with Crippen LogP contribution in [0.2, 0.25) is 13.1 Å². The number of allylic oxidation sites excluding steroid dienone is 1. The van der Waals surface area contributed by atoms with Crippen LogP contribution in [-0.4, -0.2) is 19.0 Å². The Morgan fingerprint density at radius 3 is 2.82 bits per heavy atom. The second-order valence-electron chi connectivity index (χ2n) is 7.58. The second kappa shape index (κ2) is 5.09. The molecule has 116 valence electrons. The van der Waals surface area contributed by atoms with Crippen LogP contribution in [-0.2, 0) is 4.84 Å². The largest absolute Gasteiger partial charge is 0.388 e. The topological polar surface area (TPSA) is 21.6 Å². The summed E-state index contributed by atoms with van der Waals surface area (Å²) in [6.07, 6.45) is 11.1. The zero-order valence-electron chi connectivity index (χ0n) is 13.6. The van der Waals surface area contributed by atoms with E-state index in [0.29, 0.717) is 5.92 Å². The maximum Gasteiger partial charge on any atom is 0.154 e. The highest BCUT2D eigenvalue weighted by Gasteiger charge is 2.61. The van der Waals surface area contributed by atoms with Gasteiger partial charge in [-0.2, -0.15) is 0 Å². The molecule has 0 bridgehead atoms. The minimum atomic E-state index is -1.84. The number of hydrogen-bond acceptors (Lipinski definition) is 2. The first-order valence-electron chi connectivity index (χ1n) is 8.63. The van der Waals surface area contributed by atoms with Gasteiger partial charge in [-0.3, -0.25) is 0 Å². The lowest BCUT2D eigenvalue weighted by atomic mass is 9.77. The van der Waals surface area contributed by atoms with Gasteiger partial charge in [0.2, 0.25) is 0 Å². The van der Waals surface area contributed by atoms with Gasteiger partial charge in [0, 0.05) is 5.92 Å². The number of oxime groups is 1. The molecule has 1 aliphatic heterocycles. The molecule has 0 spiro atoms. The van der Waals surface area contributed by atoms with Gasteiger partial charge >= 0.3 is 0 Å². The smallest absolute Gasteiger partial charge is 0.154 e. The molecule has 2 unspecified atom stereocenters. The Kier molecular flexibility index (Phi) is 3.30. The molecule has 1 aromatic carbocycles. The highest BCUT2D eigenvalue weighted by molar-refractivity contribution is 6.92. The third-order valence-corrected chi connectivity index (χ3v) is 10.4. The molecule has 3 heteroatoms. The van der Waals surface area contributed by atoms with Crippen molar-refractivity contribution in [2.24, 2.45) is 17.0 Å². The molecule has 3 aliphatic rings. The maximum atomic E-state index is 6.30. The molecule has 2 nitrogen and oxygen atoms in total. The molecular weight excluding hydrogens is 286 g/mol. The van der Waals surface area contributed by atoms with Crippen molar-refractivity contribution in [3.63, 3.8) is 0 Å². The summed E-state index contributed by atoms with van der Waals surface area (Å²) < 4.78 is 0. The molecule has 0 radical (unpaired) electrons. The minimum Gasteiger partial charge on any atom is -0.388 e. The van der Waals surface area contributed by atoms with Crippen LogP contribution in [0.5, 0.6) is 0 Å². The molecule has 1 saturated carbocycles. The number of rotatable bonds is 2. The van der Waals surface area contributed by atoms with Crippen molar-refractivity contribution in [1.29, 1.82) is 0 Å². The molecule has 0 saturated heterocycles. The van der Waals surface area contributed by atoms with Gasteiger partial charge in [0.05, 0.1) is 5.71 Å². The molecular formula is C19H25NOSi. The average molecular weight is 312 g/mol. The Hall–Kier alpha value is -1.35. The third kappa shape index (κ3) is 1.88. The van der Waals surface area contributed by atoms with E-state index < -0.39 is 8.07 Å². The molecule has 4 rings (SSSR count). The summed E-state index contributed by atoms with van der Waals surface area (Å²) >= 11 is 0. The first-order chi connectivity index (χ1) is 10.7. The highest BCUT2D eigenvalue weighted by Crippen LogP contribution is 2.50. The molecule has 1 aromatic rings. The summed E-state index contributed by atoms with van der Waals surface area (Å²) in [5.74, 6) is 1.24. The van der Waals surface area contributed by atoms with Crippen LogP contribution < -0.4 is 5.19 Å². The molecule has 1 fully saturated rings. The SMILES string of the molecule is C[Si](C)(c1ccccc1)[C@]12C=CCC3CCCCC(=NO1)C32. The van der Waals surface area contributed by atoms with Crippen molar-refractivity contribution < 1.29 is 4.84 Å². The minimum absolute atomic E-state index is 0.170. The predicted octanol–water partition coefficient (Wildman–Crippen LogP) is 4.03. The highest BCUT2D eigenvalue weighted by atomic mass is 28.3. The van der Waals surface area contributed by atoms with Crippen LogP contribution in [0.25, 0.3) is 0 Å². The number of benzene rings is 1. The summed E-state index contributed by atoms with van der Waals surface area (Å²) in [7, 11) is -1.84. The van der Waals surface area contributed by atoms with Crippen LogP contribution in [0.3, 0.4) is 0 Å². The van der Waals surface area contributed by atoms with Crippen LogP contribution in [0.4, 0.5) is 0 Å². The third-order valence-electron chi connectivity index (χ3n) is 6.14. The van der Waals surface area contributed by atoms with Crippen molar-refractivity contribution in [2.45, 2.75) is 50.4 Å². The number of hydrogen-bond donors (Lipinski definition) is 0. The van der Waals surface area contributed by atoms with E-state index >= 15 is 0 Å². The first-order valence-corrected chi connectivity index (χ1v) is 11.6.